The molecule has 0 aliphatic heterocycles. The van der Waals surface area contributed by atoms with Crippen LogP contribution in [0.25, 0.3) is 10.9 Å². The second-order valence-corrected chi connectivity index (χ2v) is 4.56. The maximum atomic E-state index is 14.0. The molecule has 104 valence electrons. The second kappa shape index (κ2) is 5.32. The zero-order chi connectivity index (χ0) is 14.8. The van der Waals surface area contributed by atoms with Crippen molar-refractivity contribution >= 4 is 16.7 Å². The minimum absolute atomic E-state index is 0.0721. The number of benzene rings is 2. The van der Waals surface area contributed by atoms with Crippen molar-refractivity contribution in [2.45, 2.75) is 0 Å². The molecule has 0 aliphatic rings. The predicted octanol–water partition coefficient (Wildman–Crippen LogP) is 3.61. The van der Waals surface area contributed by atoms with Crippen LogP contribution in [0.2, 0.25) is 0 Å². The van der Waals surface area contributed by atoms with Gasteiger partial charge in [0.2, 0.25) is 5.78 Å². The number of pyridine rings is 1. The lowest BCUT2D eigenvalue weighted by molar-refractivity contribution is 0.103. The van der Waals surface area contributed by atoms with Crippen LogP contribution in [0.1, 0.15) is 15.9 Å². The smallest absolute Gasteiger partial charge is 0.201 e. The highest BCUT2D eigenvalue weighted by molar-refractivity contribution is 6.11. The molecule has 21 heavy (non-hydrogen) atoms. The van der Waals surface area contributed by atoms with E-state index in [-0.39, 0.29) is 11.3 Å². The van der Waals surface area contributed by atoms with Crippen LogP contribution in [0.15, 0.2) is 54.7 Å². The first-order valence-corrected chi connectivity index (χ1v) is 6.42. The molecule has 0 saturated heterocycles. The van der Waals surface area contributed by atoms with Crippen LogP contribution < -0.4 is 4.74 Å². The number of carbonyl (C=O) groups excluding carboxylic acids is 1. The highest BCUT2D eigenvalue weighted by atomic mass is 19.1. The summed E-state index contributed by atoms with van der Waals surface area (Å²) in [5.41, 5.74) is 1.05. The van der Waals surface area contributed by atoms with Crippen molar-refractivity contribution in [2.24, 2.45) is 0 Å². The largest absolute Gasteiger partial charge is 0.496 e. The van der Waals surface area contributed by atoms with Crippen LogP contribution in [-0.4, -0.2) is 17.9 Å². The quantitative estimate of drug-likeness (QED) is 0.688. The lowest BCUT2D eigenvalue weighted by atomic mass is 10.0. The normalized spacial score (nSPS) is 10.6. The number of ether oxygens (including phenoxy) is 1. The average molecular weight is 281 g/mol. The van der Waals surface area contributed by atoms with Crippen LogP contribution in [0.3, 0.4) is 0 Å². The molecular weight excluding hydrogens is 269 g/mol. The Morgan fingerprint density at radius 2 is 1.95 bits per heavy atom. The number of nitrogens with zero attached hydrogens (tertiary/aromatic N) is 1. The minimum Gasteiger partial charge on any atom is -0.496 e. The van der Waals surface area contributed by atoms with E-state index in [1.165, 1.54) is 25.4 Å². The van der Waals surface area contributed by atoms with Crippen LogP contribution >= 0.6 is 0 Å². The summed E-state index contributed by atoms with van der Waals surface area (Å²) < 4.78 is 19.0. The molecule has 0 spiro atoms. The van der Waals surface area contributed by atoms with Gasteiger partial charge in [-0.1, -0.05) is 24.3 Å². The molecule has 1 aromatic heterocycles. The third-order valence-corrected chi connectivity index (χ3v) is 3.28. The van der Waals surface area contributed by atoms with Crippen LogP contribution in [0.4, 0.5) is 4.39 Å². The van der Waals surface area contributed by atoms with Gasteiger partial charge in [-0.05, 0) is 24.3 Å². The summed E-state index contributed by atoms with van der Waals surface area (Å²) in [4.78, 5) is 16.8. The van der Waals surface area contributed by atoms with Crippen molar-refractivity contribution in [1.82, 2.24) is 4.98 Å². The Morgan fingerprint density at radius 1 is 1.14 bits per heavy atom. The summed E-state index contributed by atoms with van der Waals surface area (Å²) in [6.07, 6.45) is 1.45. The Kier molecular flexibility index (Phi) is 3.36. The SMILES string of the molecule is COc1cccc(F)c1C(=O)c1cnc2ccccc2c1. The summed E-state index contributed by atoms with van der Waals surface area (Å²) in [6, 6.07) is 13.5. The Hall–Kier alpha value is -2.75. The van der Waals surface area contributed by atoms with E-state index in [1.54, 1.807) is 12.1 Å². The molecule has 0 saturated carbocycles. The topological polar surface area (TPSA) is 39.2 Å². The molecule has 3 aromatic rings. The fraction of sp³-hybridized carbons (Fsp3) is 0.0588. The Labute approximate surface area is 121 Å². The number of carbonyl (C=O) groups is 1. The van der Waals surface area contributed by atoms with Crippen molar-refractivity contribution in [3.63, 3.8) is 0 Å². The van der Waals surface area contributed by atoms with E-state index in [9.17, 15) is 9.18 Å². The van der Waals surface area contributed by atoms with Crippen LogP contribution in [-0.2, 0) is 0 Å². The van der Waals surface area contributed by atoms with Crippen molar-refractivity contribution in [3.05, 3.63) is 71.7 Å². The van der Waals surface area contributed by atoms with Crippen molar-refractivity contribution in [1.29, 1.82) is 0 Å². The van der Waals surface area contributed by atoms with Gasteiger partial charge < -0.3 is 4.74 Å². The standard InChI is InChI=1S/C17H12FNO2/c1-21-15-8-4-6-13(18)16(15)17(20)12-9-11-5-2-3-7-14(11)19-10-12/h2-10H,1H3. The summed E-state index contributed by atoms with van der Waals surface area (Å²) in [7, 11) is 1.41. The van der Waals surface area contributed by atoms with E-state index in [4.69, 9.17) is 4.74 Å². The molecule has 0 radical (unpaired) electrons. The second-order valence-electron chi connectivity index (χ2n) is 4.56. The monoisotopic (exact) mass is 281 g/mol. The molecule has 0 amide bonds. The van der Waals surface area contributed by atoms with E-state index in [0.717, 1.165) is 10.9 Å². The molecular formula is C17H12FNO2. The van der Waals surface area contributed by atoms with Gasteiger partial charge in [0.25, 0.3) is 0 Å². The summed E-state index contributed by atoms with van der Waals surface area (Å²) >= 11 is 0. The number of hydrogen-bond acceptors (Lipinski definition) is 3. The van der Waals surface area contributed by atoms with Crippen molar-refractivity contribution < 1.29 is 13.9 Å². The molecule has 0 atom stereocenters. The third-order valence-electron chi connectivity index (χ3n) is 3.28. The van der Waals surface area contributed by atoms with Gasteiger partial charge in [-0.3, -0.25) is 9.78 Å². The lowest BCUT2D eigenvalue weighted by Gasteiger charge is -2.09. The first-order valence-electron chi connectivity index (χ1n) is 6.42. The van der Waals surface area contributed by atoms with E-state index >= 15 is 0 Å². The highest BCUT2D eigenvalue weighted by Gasteiger charge is 2.19. The number of halogens is 1. The number of fused-ring (bicyclic) bond motifs is 1. The number of methoxy groups -OCH3 is 1. The van der Waals surface area contributed by atoms with Gasteiger partial charge in [0.05, 0.1) is 12.6 Å². The van der Waals surface area contributed by atoms with E-state index in [0.29, 0.717) is 5.56 Å². The van der Waals surface area contributed by atoms with E-state index in [2.05, 4.69) is 4.98 Å². The van der Waals surface area contributed by atoms with Gasteiger partial charge in [0.1, 0.15) is 17.1 Å². The van der Waals surface area contributed by atoms with Gasteiger partial charge in [-0.15, -0.1) is 0 Å². The Bertz CT molecular complexity index is 830. The molecule has 3 rings (SSSR count). The van der Waals surface area contributed by atoms with Crippen LogP contribution in [0, 0.1) is 5.82 Å². The molecule has 4 heteroatoms. The average Bonchev–Trinajstić information content (AvgIpc) is 2.53. The number of ketones is 1. The summed E-state index contributed by atoms with van der Waals surface area (Å²) in [6.45, 7) is 0. The van der Waals surface area contributed by atoms with Gasteiger partial charge in [-0.25, -0.2) is 4.39 Å². The van der Waals surface area contributed by atoms with Crippen LogP contribution in [0.5, 0.6) is 5.75 Å². The maximum absolute atomic E-state index is 14.0. The van der Waals surface area contributed by atoms with Gasteiger partial charge in [0, 0.05) is 17.1 Å². The van der Waals surface area contributed by atoms with Gasteiger partial charge in [0.15, 0.2) is 0 Å². The summed E-state index contributed by atoms with van der Waals surface area (Å²) in [5, 5.41) is 0.832. The highest BCUT2D eigenvalue weighted by Crippen LogP contribution is 2.25. The first-order chi connectivity index (χ1) is 10.2. The zero-order valence-electron chi connectivity index (χ0n) is 11.3. The van der Waals surface area contributed by atoms with Gasteiger partial charge >= 0.3 is 0 Å². The molecule has 3 nitrogen and oxygen atoms in total. The maximum Gasteiger partial charge on any atom is 0.201 e. The molecule has 0 unspecified atom stereocenters. The Morgan fingerprint density at radius 3 is 2.76 bits per heavy atom. The van der Waals surface area contributed by atoms with Crippen molar-refractivity contribution in [2.75, 3.05) is 7.11 Å². The lowest BCUT2D eigenvalue weighted by Crippen LogP contribution is -2.07. The molecule has 0 aliphatic carbocycles. The third kappa shape index (κ3) is 2.36. The molecule has 0 bridgehead atoms. The number of aromatic nitrogens is 1. The van der Waals surface area contributed by atoms with E-state index in [1.807, 2.05) is 24.3 Å². The van der Waals surface area contributed by atoms with Gasteiger partial charge in [-0.2, -0.15) is 0 Å². The van der Waals surface area contributed by atoms with E-state index < -0.39 is 11.6 Å². The molecule has 0 N–H and O–H groups in total. The molecule has 1 heterocycles. The number of hydrogen-bond donors (Lipinski definition) is 0. The first kappa shape index (κ1) is 13.2. The fourth-order valence-corrected chi connectivity index (χ4v) is 2.23. The zero-order valence-corrected chi connectivity index (χ0v) is 11.3. The fourth-order valence-electron chi connectivity index (χ4n) is 2.23. The molecule has 2 aromatic carbocycles. The number of para-hydroxylation sites is 1. The molecule has 0 fully saturated rings. The predicted molar refractivity (Wildman–Crippen MR) is 78.1 cm³/mol. The summed E-state index contributed by atoms with van der Waals surface area (Å²) in [5.74, 6) is -0.830. The Balaban J connectivity index is 2.12. The van der Waals surface area contributed by atoms with Crippen molar-refractivity contribution in [3.8, 4) is 5.75 Å². The number of rotatable bonds is 3. The minimum atomic E-state index is -0.604.